The van der Waals surface area contributed by atoms with Gasteiger partial charge in [0.25, 0.3) is 0 Å². The van der Waals surface area contributed by atoms with Crippen LogP contribution in [0.5, 0.6) is 0 Å². The molecule has 0 aliphatic heterocycles. The number of hydrogen-bond acceptors (Lipinski definition) is 4. The molecule has 4 aromatic rings. The van der Waals surface area contributed by atoms with Crippen molar-refractivity contribution in [3.63, 3.8) is 0 Å². The fraction of sp³-hybridized carbons (Fsp3) is 0.143. The highest BCUT2D eigenvalue weighted by molar-refractivity contribution is 6.33. The molecule has 36 heavy (non-hydrogen) atoms. The molecule has 5 nitrogen and oxygen atoms in total. The number of hydrogen-bond donors (Lipinski definition) is 1. The lowest BCUT2D eigenvalue weighted by Crippen LogP contribution is -2.09. The molecule has 1 aromatic heterocycles. The summed E-state index contributed by atoms with van der Waals surface area (Å²) in [4.78, 5) is 27.3. The summed E-state index contributed by atoms with van der Waals surface area (Å²) in [6.07, 6.45) is 1.86. The number of benzene rings is 3. The van der Waals surface area contributed by atoms with Crippen LogP contribution >= 0.6 is 23.2 Å². The lowest BCUT2D eigenvalue weighted by atomic mass is 9.83. The monoisotopic (exact) mass is 522 g/mol. The second-order valence-electron chi connectivity index (χ2n) is 8.43. The minimum absolute atomic E-state index is 0.0223. The quantitative estimate of drug-likeness (QED) is 0.236. The third kappa shape index (κ3) is 5.61. The van der Waals surface area contributed by atoms with Crippen LogP contribution in [0.4, 0.5) is 4.39 Å². The zero-order valence-corrected chi connectivity index (χ0v) is 20.7. The second kappa shape index (κ2) is 11.0. The van der Waals surface area contributed by atoms with Crippen molar-refractivity contribution in [2.45, 2.75) is 25.3 Å². The maximum absolute atomic E-state index is 15.0. The molecular weight excluding hydrogens is 502 g/mol. The molecule has 0 amide bonds. The van der Waals surface area contributed by atoms with Gasteiger partial charge in [-0.3, -0.25) is 4.98 Å². The number of rotatable bonds is 8. The lowest BCUT2D eigenvalue weighted by molar-refractivity contribution is 0.0697. The molecule has 3 aromatic carbocycles. The van der Waals surface area contributed by atoms with Gasteiger partial charge in [-0.2, -0.15) is 4.91 Å². The first-order chi connectivity index (χ1) is 17.3. The minimum Gasteiger partial charge on any atom is -0.478 e. The highest BCUT2D eigenvalue weighted by Gasteiger charge is 2.25. The van der Waals surface area contributed by atoms with Crippen molar-refractivity contribution < 1.29 is 14.3 Å². The van der Waals surface area contributed by atoms with Crippen LogP contribution in [0, 0.1) is 17.6 Å². The van der Waals surface area contributed by atoms with Gasteiger partial charge in [0.1, 0.15) is 11.9 Å². The van der Waals surface area contributed by atoms with E-state index in [0.717, 1.165) is 22.4 Å². The predicted molar refractivity (Wildman–Crippen MR) is 139 cm³/mol. The first-order valence-corrected chi connectivity index (χ1v) is 11.9. The van der Waals surface area contributed by atoms with Gasteiger partial charge >= 0.3 is 5.97 Å². The second-order valence-corrected chi connectivity index (χ2v) is 9.27. The van der Waals surface area contributed by atoms with Gasteiger partial charge in [-0.05, 0) is 77.6 Å². The summed E-state index contributed by atoms with van der Waals surface area (Å²) in [6.45, 7) is 1.83. The SMILES string of the molecule is Cc1cc(C(CC(c2ccc(-c3ccc(C(=O)O)c(Cl)c3)cc2)c2ccc(Cl)cc2F)N=O)ccn1. The Morgan fingerprint density at radius 1 is 0.972 bits per heavy atom. The fourth-order valence-electron chi connectivity index (χ4n) is 4.24. The van der Waals surface area contributed by atoms with Crippen LogP contribution in [0.25, 0.3) is 11.1 Å². The van der Waals surface area contributed by atoms with Crippen LogP contribution < -0.4 is 0 Å². The molecule has 8 heteroatoms. The van der Waals surface area contributed by atoms with Gasteiger partial charge in [0, 0.05) is 22.8 Å². The van der Waals surface area contributed by atoms with E-state index in [0.29, 0.717) is 11.1 Å². The fourth-order valence-corrected chi connectivity index (χ4v) is 4.66. The molecular formula is C28H21Cl2FN2O3. The zero-order chi connectivity index (χ0) is 25.8. The molecule has 2 atom stereocenters. The smallest absolute Gasteiger partial charge is 0.337 e. The van der Waals surface area contributed by atoms with Crippen LogP contribution in [-0.4, -0.2) is 16.1 Å². The van der Waals surface area contributed by atoms with E-state index in [1.807, 2.05) is 31.2 Å². The summed E-state index contributed by atoms with van der Waals surface area (Å²) in [5, 5.41) is 13.0. The summed E-state index contributed by atoms with van der Waals surface area (Å²) in [6, 6.07) is 19.5. The van der Waals surface area contributed by atoms with Crippen LogP contribution in [0.1, 0.15) is 51.1 Å². The number of pyridine rings is 1. The number of aromatic nitrogens is 1. The summed E-state index contributed by atoms with van der Waals surface area (Å²) < 4.78 is 15.0. The number of carbonyl (C=O) groups is 1. The number of halogens is 3. The van der Waals surface area contributed by atoms with Crippen LogP contribution in [-0.2, 0) is 0 Å². The third-order valence-electron chi connectivity index (χ3n) is 6.08. The Bertz CT molecular complexity index is 1430. The Hall–Kier alpha value is -3.61. The van der Waals surface area contributed by atoms with Gasteiger partial charge in [-0.25, -0.2) is 9.18 Å². The van der Waals surface area contributed by atoms with Gasteiger partial charge in [0.15, 0.2) is 0 Å². The van der Waals surface area contributed by atoms with Gasteiger partial charge < -0.3 is 5.11 Å². The van der Waals surface area contributed by atoms with Crippen molar-refractivity contribution in [1.82, 2.24) is 4.98 Å². The number of aryl methyl sites for hydroxylation is 1. The maximum atomic E-state index is 15.0. The highest BCUT2D eigenvalue weighted by Crippen LogP contribution is 2.38. The van der Waals surface area contributed by atoms with E-state index in [1.165, 1.54) is 12.1 Å². The molecule has 4 rings (SSSR count). The Morgan fingerprint density at radius 3 is 2.31 bits per heavy atom. The van der Waals surface area contributed by atoms with Crippen LogP contribution in [0.2, 0.25) is 10.0 Å². The topological polar surface area (TPSA) is 79.6 Å². The maximum Gasteiger partial charge on any atom is 0.337 e. The van der Waals surface area contributed by atoms with Crippen molar-refractivity contribution >= 4 is 29.2 Å². The zero-order valence-electron chi connectivity index (χ0n) is 19.2. The highest BCUT2D eigenvalue weighted by atomic mass is 35.5. The van der Waals surface area contributed by atoms with E-state index >= 15 is 4.39 Å². The summed E-state index contributed by atoms with van der Waals surface area (Å²) >= 11 is 12.1. The Kier molecular flexibility index (Phi) is 7.77. The van der Waals surface area contributed by atoms with E-state index in [2.05, 4.69) is 10.2 Å². The minimum atomic E-state index is -1.10. The average Bonchev–Trinajstić information content (AvgIpc) is 2.85. The first-order valence-electron chi connectivity index (χ1n) is 11.1. The van der Waals surface area contributed by atoms with Crippen molar-refractivity contribution in [3.05, 3.63) is 128 Å². The average molecular weight is 523 g/mol. The van der Waals surface area contributed by atoms with E-state index in [4.69, 9.17) is 23.2 Å². The Balaban J connectivity index is 1.72. The third-order valence-corrected chi connectivity index (χ3v) is 6.62. The molecule has 0 aliphatic carbocycles. The van der Waals surface area contributed by atoms with Crippen LogP contribution in [0.15, 0.2) is 84.2 Å². The molecule has 0 saturated heterocycles. The summed E-state index contributed by atoms with van der Waals surface area (Å²) in [5.41, 5.74) is 4.23. The van der Waals surface area contributed by atoms with Gasteiger partial charge in [0.2, 0.25) is 0 Å². The van der Waals surface area contributed by atoms with Crippen LogP contribution in [0.3, 0.4) is 0 Å². The van der Waals surface area contributed by atoms with Gasteiger partial charge in [-0.15, -0.1) is 0 Å². The van der Waals surface area contributed by atoms with Crippen molar-refractivity contribution in [1.29, 1.82) is 0 Å². The molecule has 0 bridgehead atoms. The van der Waals surface area contributed by atoms with E-state index < -0.39 is 23.7 Å². The molecule has 0 saturated carbocycles. The summed E-state index contributed by atoms with van der Waals surface area (Å²) in [7, 11) is 0. The van der Waals surface area contributed by atoms with E-state index in [-0.39, 0.29) is 22.0 Å². The molecule has 0 radical (unpaired) electrons. The molecule has 2 unspecified atom stereocenters. The number of aromatic carboxylic acids is 1. The summed E-state index contributed by atoms with van der Waals surface area (Å²) in [5.74, 6) is -2.05. The Labute approximate surface area is 217 Å². The molecule has 0 spiro atoms. The molecule has 0 aliphatic rings. The van der Waals surface area contributed by atoms with Gasteiger partial charge in [0.05, 0.1) is 10.6 Å². The molecule has 182 valence electrons. The number of nitroso groups, excluding NO2 is 1. The van der Waals surface area contributed by atoms with Crippen molar-refractivity contribution in [2.24, 2.45) is 5.18 Å². The molecule has 0 fully saturated rings. The van der Waals surface area contributed by atoms with E-state index in [1.54, 1.807) is 42.6 Å². The Morgan fingerprint density at radius 2 is 1.69 bits per heavy atom. The predicted octanol–water partition coefficient (Wildman–Crippen LogP) is 8.23. The first kappa shape index (κ1) is 25.5. The van der Waals surface area contributed by atoms with Crippen molar-refractivity contribution in [3.8, 4) is 11.1 Å². The standard InChI is InChI=1S/C28H21Cl2FN2O3/c1-16-12-20(10-11-32-16)27(33-36)15-24(22-9-7-21(29)14-26(22)31)18-4-2-17(3-5-18)19-6-8-23(28(34)35)25(30)13-19/h2-14,24,27H,15H2,1H3,(H,34,35). The normalized spacial score (nSPS) is 12.7. The number of carboxylic acids is 1. The van der Waals surface area contributed by atoms with Crippen molar-refractivity contribution in [2.75, 3.05) is 0 Å². The number of nitrogens with zero attached hydrogens (tertiary/aromatic N) is 2. The molecule has 1 N–H and O–H groups in total. The van der Waals surface area contributed by atoms with Gasteiger partial charge in [-0.1, -0.05) is 64.8 Å². The molecule has 1 heterocycles. The largest absolute Gasteiger partial charge is 0.478 e. The number of carboxylic acid groups (broad SMARTS) is 1. The lowest BCUT2D eigenvalue weighted by Gasteiger charge is -2.22. The van der Waals surface area contributed by atoms with E-state index in [9.17, 15) is 14.8 Å².